The van der Waals surface area contributed by atoms with E-state index in [0.29, 0.717) is 23.0 Å². The molecule has 0 atom stereocenters. The highest BCUT2D eigenvalue weighted by Gasteiger charge is 2.03. The molecule has 0 aliphatic rings. The number of hydrogen-bond donors (Lipinski definition) is 1. The van der Waals surface area contributed by atoms with Crippen LogP contribution in [0, 0.1) is 5.82 Å². The Morgan fingerprint density at radius 3 is 2.61 bits per heavy atom. The first-order valence-corrected chi connectivity index (χ1v) is 5.28. The molecule has 0 aliphatic heterocycles. The molecule has 18 heavy (non-hydrogen) atoms. The number of aromatic nitrogens is 1. The van der Waals surface area contributed by atoms with Gasteiger partial charge in [-0.25, -0.2) is 9.37 Å². The molecule has 0 unspecified atom stereocenters. The highest BCUT2D eigenvalue weighted by atomic mass is 19.1. The second-order valence-electron chi connectivity index (χ2n) is 3.60. The maximum atomic E-state index is 12.7. The molecule has 1 aromatic heterocycles. The molecular weight excluding hydrogens is 235 g/mol. The summed E-state index contributed by atoms with van der Waals surface area (Å²) in [7, 11) is 0. The minimum atomic E-state index is -0.327. The van der Waals surface area contributed by atoms with E-state index < -0.39 is 0 Å². The molecule has 2 rings (SSSR count). The number of halogens is 1. The zero-order valence-corrected chi connectivity index (χ0v) is 9.67. The highest BCUT2D eigenvalue weighted by Crippen LogP contribution is 2.19. The Kier molecular flexibility index (Phi) is 3.52. The molecule has 1 N–H and O–H groups in total. The third-order valence-corrected chi connectivity index (χ3v) is 2.28. The second kappa shape index (κ2) is 5.27. The van der Waals surface area contributed by atoms with Gasteiger partial charge in [-0.05, 0) is 37.3 Å². The van der Waals surface area contributed by atoms with E-state index in [9.17, 15) is 4.39 Å². The summed E-state index contributed by atoms with van der Waals surface area (Å²) in [5.74, 6) is 0.508. The van der Waals surface area contributed by atoms with Crippen LogP contribution in [0.3, 0.4) is 0 Å². The van der Waals surface area contributed by atoms with E-state index in [2.05, 4.69) is 10.1 Å². The van der Waals surface area contributed by atoms with Gasteiger partial charge >= 0.3 is 0 Å². The Morgan fingerprint density at radius 2 is 1.94 bits per heavy atom. The number of rotatable bonds is 3. The largest absolute Gasteiger partial charge is 0.439 e. The molecule has 0 bridgehead atoms. The first kappa shape index (κ1) is 12.0. The van der Waals surface area contributed by atoms with Crippen LogP contribution in [0.25, 0.3) is 0 Å². The van der Waals surface area contributed by atoms with Gasteiger partial charge in [0.15, 0.2) is 0 Å². The molecule has 92 valence electrons. The number of pyridine rings is 1. The average Bonchev–Trinajstić information content (AvgIpc) is 2.41. The molecule has 0 fully saturated rings. The van der Waals surface area contributed by atoms with Crippen LogP contribution in [-0.2, 0) is 0 Å². The van der Waals surface area contributed by atoms with Gasteiger partial charge in [0.25, 0.3) is 0 Å². The zero-order valence-electron chi connectivity index (χ0n) is 9.67. The SMILES string of the molecule is C/C(=N\O)c1cccc(Oc2ccc(F)cc2)n1. The van der Waals surface area contributed by atoms with Gasteiger partial charge in [0.2, 0.25) is 5.88 Å². The quantitative estimate of drug-likeness (QED) is 0.514. The summed E-state index contributed by atoms with van der Waals surface area (Å²) >= 11 is 0. The summed E-state index contributed by atoms with van der Waals surface area (Å²) in [5, 5.41) is 11.7. The summed E-state index contributed by atoms with van der Waals surface area (Å²) in [6.45, 7) is 1.63. The van der Waals surface area contributed by atoms with E-state index in [1.54, 1.807) is 25.1 Å². The molecule has 0 radical (unpaired) electrons. The van der Waals surface area contributed by atoms with Crippen molar-refractivity contribution in [1.82, 2.24) is 4.98 Å². The highest BCUT2D eigenvalue weighted by molar-refractivity contribution is 5.96. The number of nitrogens with zero attached hydrogens (tertiary/aromatic N) is 2. The van der Waals surface area contributed by atoms with Crippen LogP contribution >= 0.6 is 0 Å². The maximum Gasteiger partial charge on any atom is 0.219 e. The van der Waals surface area contributed by atoms with E-state index in [1.165, 1.54) is 24.3 Å². The lowest BCUT2D eigenvalue weighted by atomic mass is 10.2. The van der Waals surface area contributed by atoms with Crippen LogP contribution in [0.15, 0.2) is 47.6 Å². The second-order valence-corrected chi connectivity index (χ2v) is 3.60. The van der Waals surface area contributed by atoms with Crippen molar-refractivity contribution >= 4 is 5.71 Å². The van der Waals surface area contributed by atoms with E-state index in [4.69, 9.17) is 9.94 Å². The minimum absolute atomic E-state index is 0.327. The number of benzene rings is 1. The first-order valence-electron chi connectivity index (χ1n) is 5.28. The van der Waals surface area contributed by atoms with Crippen molar-refractivity contribution < 1.29 is 14.3 Å². The van der Waals surface area contributed by atoms with Crippen LogP contribution in [-0.4, -0.2) is 15.9 Å². The monoisotopic (exact) mass is 246 g/mol. The van der Waals surface area contributed by atoms with Crippen molar-refractivity contribution in [3.8, 4) is 11.6 Å². The number of ether oxygens (including phenoxy) is 1. The lowest BCUT2D eigenvalue weighted by molar-refractivity contribution is 0.319. The molecule has 0 aliphatic carbocycles. The van der Waals surface area contributed by atoms with Gasteiger partial charge in [0, 0.05) is 6.07 Å². The summed E-state index contributed by atoms with van der Waals surface area (Å²) in [6.07, 6.45) is 0. The zero-order chi connectivity index (χ0) is 13.0. The fourth-order valence-corrected chi connectivity index (χ4v) is 1.35. The predicted molar refractivity (Wildman–Crippen MR) is 64.7 cm³/mol. The van der Waals surface area contributed by atoms with Crippen molar-refractivity contribution in [2.24, 2.45) is 5.16 Å². The average molecular weight is 246 g/mol. The van der Waals surface area contributed by atoms with Crippen LogP contribution in [0.5, 0.6) is 11.6 Å². The minimum Gasteiger partial charge on any atom is -0.439 e. The Morgan fingerprint density at radius 1 is 1.22 bits per heavy atom. The van der Waals surface area contributed by atoms with Gasteiger partial charge in [0.05, 0.1) is 5.69 Å². The third kappa shape index (κ3) is 2.82. The summed E-state index contributed by atoms with van der Waals surface area (Å²) in [6, 6.07) is 10.7. The Bertz CT molecular complexity index is 567. The fraction of sp³-hybridized carbons (Fsp3) is 0.0769. The van der Waals surface area contributed by atoms with Crippen molar-refractivity contribution in [2.45, 2.75) is 6.92 Å². The van der Waals surface area contributed by atoms with Crippen molar-refractivity contribution in [3.05, 3.63) is 54.0 Å². The van der Waals surface area contributed by atoms with E-state index in [0.717, 1.165) is 0 Å². The molecule has 5 heteroatoms. The van der Waals surface area contributed by atoms with Gasteiger partial charge in [0.1, 0.15) is 17.3 Å². The molecule has 2 aromatic rings. The van der Waals surface area contributed by atoms with Crippen LogP contribution < -0.4 is 4.74 Å². The molecular formula is C13H11FN2O2. The predicted octanol–water partition coefficient (Wildman–Crippen LogP) is 3.21. The summed E-state index contributed by atoms with van der Waals surface area (Å²) < 4.78 is 18.2. The van der Waals surface area contributed by atoms with E-state index >= 15 is 0 Å². The smallest absolute Gasteiger partial charge is 0.219 e. The molecule has 0 saturated carbocycles. The lowest BCUT2D eigenvalue weighted by Crippen LogP contribution is -1.99. The molecule has 1 aromatic carbocycles. The van der Waals surface area contributed by atoms with Gasteiger partial charge < -0.3 is 9.94 Å². The fourth-order valence-electron chi connectivity index (χ4n) is 1.35. The molecule has 0 amide bonds. The Balaban J connectivity index is 2.22. The Hall–Kier alpha value is -2.43. The molecule has 0 saturated heterocycles. The molecule has 1 heterocycles. The van der Waals surface area contributed by atoms with E-state index in [-0.39, 0.29) is 5.82 Å². The van der Waals surface area contributed by atoms with Crippen molar-refractivity contribution in [1.29, 1.82) is 0 Å². The maximum absolute atomic E-state index is 12.7. The number of oxime groups is 1. The Labute approximate surface area is 103 Å². The van der Waals surface area contributed by atoms with Gasteiger partial charge in [-0.3, -0.25) is 0 Å². The van der Waals surface area contributed by atoms with Gasteiger partial charge in [-0.2, -0.15) is 0 Å². The van der Waals surface area contributed by atoms with Gasteiger partial charge in [-0.1, -0.05) is 11.2 Å². The van der Waals surface area contributed by atoms with Gasteiger partial charge in [-0.15, -0.1) is 0 Å². The third-order valence-electron chi connectivity index (χ3n) is 2.28. The standard InChI is InChI=1S/C13H11FN2O2/c1-9(16-17)12-3-2-4-13(15-12)18-11-7-5-10(14)6-8-11/h2-8,17H,1H3/b16-9+. The molecule has 0 spiro atoms. The summed E-state index contributed by atoms with van der Waals surface area (Å²) in [4.78, 5) is 4.15. The first-order chi connectivity index (χ1) is 8.69. The van der Waals surface area contributed by atoms with Crippen LogP contribution in [0.1, 0.15) is 12.6 Å². The lowest BCUT2D eigenvalue weighted by Gasteiger charge is -2.05. The number of hydrogen-bond acceptors (Lipinski definition) is 4. The molecule has 4 nitrogen and oxygen atoms in total. The van der Waals surface area contributed by atoms with Crippen LogP contribution in [0.2, 0.25) is 0 Å². The van der Waals surface area contributed by atoms with E-state index in [1.807, 2.05) is 0 Å². The van der Waals surface area contributed by atoms with Crippen LogP contribution in [0.4, 0.5) is 4.39 Å². The normalized spacial score (nSPS) is 11.3. The topological polar surface area (TPSA) is 54.7 Å². The van der Waals surface area contributed by atoms with Crippen molar-refractivity contribution in [2.75, 3.05) is 0 Å². The summed E-state index contributed by atoms with van der Waals surface area (Å²) in [5.41, 5.74) is 0.900. The van der Waals surface area contributed by atoms with Crippen molar-refractivity contribution in [3.63, 3.8) is 0 Å².